The molecule has 0 saturated carbocycles. The van der Waals surface area contributed by atoms with E-state index in [1.807, 2.05) is 0 Å². The molecular weight excluding hydrogens is 274 g/mol. The van der Waals surface area contributed by atoms with E-state index in [-0.39, 0.29) is 13.1 Å². The van der Waals surface area contributed by atoms with Crippen molar-refractivity contribution in [1.82, 2.24) is 14.5 Å². The number of hydrogen-bond acceptors (Lipinski definition) is 5. The second kappa shape index (κ2) is 4.89. The second-order valence-corrected chi connectivity index (χ2v) is 6.63. The molecule has 2 heterocycles. The quantitative estimate of drug-likeness (QED) is 0.586. The second-order valence-electron chi connectivity index (χ2n) is 4.70. The SMILES string of the molecule is CS(=O)(=O)N1CCCC1C(=O)N1CC(=O)NC(=O)C1. The highest BCUT2D eigenvalue weighted by atomic mass is 32.2. The van der Waals surface area contributed by atoms with Gasteiger partial charge in [-0.2, -0.15) is 4.31 Å². The van der Waals surface area contributed by atoms with E-state index in [1.54, 1.807) is 0 Å². The number of carbonyl (C=O) groups excluding carboxylic acids is 3. The van der Waals surface area contributed by atoms with Crippen LogP contribution in [0, 0.1) is 0 Å². The average Bonchev–Trinajstić information content (AvgIpc) is 2.74. The highest BCUT2D eigenvalue weighted by Crippen LogP contribution is 2.22. The van der Waals surface area contributed by atoms with Crippen LogP contribution in [0.1, 0.15) is 12.8 Å². The van der Waals surface area contributed by atoms with Crippen molar-refractivity contribution in [3.05, 3.63) is 0 Å². The third-order valence-electron chi connectivity index (χ3n) is 3.17. The first-order valence-electron chi connectivity index (χ1n) is 5.87. The van der Waals surface area contributed by atoms with Crippen molar-refractivity contribution < 1.29 is 22.8 Å². The van der Waals surface area contributed by atoms with Gasteiger partial charge in [0.15, 0.2) is 0 Å². The maximum Gasteiger partial charge on any atom is 0.246 e. The summed E-state index contributed by atoms with van der Waals surface area (Å²) in [5.41, 5.74) is 0. The van der Waals surface area contributed by atoms with Crippen molar-refractivity contribution in [2.24, 2.45) is 0 Å². The Labute approximate surface area is 110 Å². The lowest BCUT2D eigenvalue weighted by Crippen LogP contribution is -2.57. The fourth-order valence-electron chi connectivity index (χ4n) is 2.39. The van der Waals surface area contributed by atoms with Crippen LogP contribution in [-0.2, 0) is 24.4 Å². The minimum atomic E-state index is -3.46. The summed E-state index contributed by atoms with van der Waals surface area (Å²) in [5.74, 6) is -1.58. The van der Waals surface area contributed by atoms with Crippen molar-refractivity contribution in [2.75, 3.05) is 25.9 Å². The molecule has 2 aliphatic heterocycles. The molecule has 0 aromatic heterocycles. The molecule has 106 valence electrons. The molecule has 1 unspecified atom stereocenters. The minimum Gasteiger partial charge on any atom is -0.323 e. The van der Waals surface area contributed by atoms with Crippen LogP contribution < -0.4 is 5.32 Å². The number of nitrogens with zero attached hydrogens (tertiary/aromatic N) is 2. The summed E-state index contributed by atoms with van der Waals surface area (Å²) in [6.07, 6.45) is 2.06. The van der Waals surface area contributed by atoms with Crippen LogP contribution in [0.5, 0.6) is 0 Å². The van der Waals surface area contributed by atoms with Gasteiger partial charge >= 0.3 is 0 Å². The number of sulfonamides is 1. The van der Waals surface area contributed by atoms with Gasteiger partial charge in [-0.3, -0.25) is 19.7 Å². The topological polar surface area (TPSA) is 104 Å². The summed E-state index contributed by atoms with van der Waals surface area (Å²) in [4.78, 5) is 35.8. The van der Waals surface area contributed by atoms with E-state index in [4.69, 9.17) is 0 Å². The molecular formula is C10H15N3O5S. The van der Waals surface area contributed by atoms with Gasteiger partial charge < -0.3 is 4.90 Å². The van der Waals surface area contributed by atoms with Crippen LogP contribution >= 0.6 is 0 Å². The Morgan fingerprint density at radius 2 is 1.84 bits per heavy atom. The van der Waals surface area contributed by atoms with Gasteiger partial charge in [0.05, 0.1) is 6.26 Å². The van der Waals surface area contributed by atoms with E-state index in [9.17, 15) is 22.8 Å². The predicted molar refractivity (Wildman–Crippen MR) is 64.3 cm³/mol. The van der Waals surface area contributed by atoms with Gasteiger partial charge in [0.25, 0.3) is 0 Å². The molecule has 0 radical (unpaired) electrons. The monoisotopic (exact) mass is 289 g/mol. The lowest BCUT2D eigenvalue weighted by atomic mass is 10.2. The zero-order valence-electron chi connectivity index (χ0n) is 10.5. The van der Waals surface area contributed by atoms with Crippen LogP contribution in [-0.4, -0.2) is 67.3 Å². The lowest BCUT2D eigenvalue weighted by Gasteiger charge is -2.30. The molecule has 3 amide bonds. The first kappa shape index (κ1) is 13.9. The molecule has 1 N–H and O–H groups in total. The number of carbonyl (C=O) groups is 3. The Hall–Kier alpha value is -1.48. The maximum atomic E-state index is 12.2. The molecule has 8 nitrogen and oxygen atoms in total. The summed E-state index contributed by atoms with van der Waals surface area (Å²) in [6, 6.07) is -0.798. The number of hydrogen-bond donors (Lipinski definition) is 1. The van der Waals surface area contributed by atoms with Crippen molar-refractivity contribution >= 4 is 27.7 Å². The molecule has 2 rings (SSSR count). The fourth-order valence-corrected chi connectivity index (χ4v) is 3.51. The molecule has 0 spiro atoms. The Balaban J connectivity index is 2.15. The van der Waals surface area contributed by atoms with Gasteiger partial charge in [-0.05, 0) is 12.8 Å². The number of rotatable bonds is 2. The van der Waals surface area contributed by atoms with Crippen molar-refractivity contribution in [2.45, 2.75) is 18.9 Å². The van der Waals surface area contributed by atoms with E-state index >= 15 is 0 Å². The number of imide groups is 1. The smallest absolute Gasteiger partial charge is 0.246 e. The van der Waals surface area contributed by atoms with Crippen LogP contribution in [0.25, 0.3) is 0 Å². The van der Waals surface area contributed by atoms with Crippen molar-refractivity contribution in [3.8, 4) is 0 Å². The van der Waals surface area contributed by atoms with Gasteiger partial charge in [0.2, 0.25) is 27.7 Å². The first-order chi connectivity index (χ1) is 8.79. The number of amides is 3. The minimum absolute atomic E-state index is 0.210. The molecule has 0 aromatic rings. The van der Waals surface area contributed by atoms with Crippen LogP contribution in [0.3, 0.4) is 0 Å². The highest BCUT2D eigenvalue weighted by Gasteiger charge is 2.40. The highest BCUT2D eigenvalue weighted by molar-refractivity contribution is 7.88. The molecule has 2 aliphatic rings. The molecule has 2 fully saturated rings. The molecule has 19 heavy (non-hydrogen) atoms. The number of nitrogens with one attached hydrogen (secondary N) is 1. The Bertz CT molecular complexity index is 513. The van der Waals surface area contributed by atoms with E-state index in [2.05, 4.69) is 5.32 Å². The standard InChI is InChI=1S/C10H15N3O5S/c1-19(17,18)13-4-2-3-7(13)10(16)12-5-8(14)11-9(15)6-12/h7H,2-6H2,1H3,(H,11,14,15). The zero-order valence-corrected chi connectivity index (χ0v) is 11.3. The van der Waals surface area contributed by atoms with Crippen LogP contribution in [0.4, 0.5) is 0 Å². The normalized spacial score (nSPS) is 25.5. The summed E-state index contributed by atoms with van der Waals surface area (Å²) in [6.45, 7) is -0.124. The van der Waals surface area contributed by atoms with Crippen molar-refractivity contribution in [1.29, 1.82) is 0 Å². The van der Waals surface area contributed by atoms with Gasteiger partial charge in [-0.15, -0.1) is 0 Å². The Kier molecular flexibility index (Phi) is 3.59. The van der Waals surface area contributed by atoms with Crippen LogP contribution in [0.2, 0.25) is 0 Å². The Morgan fingerprint density at radius 1 is 1.26 bits per heavy atom. The first-order valence-corrected chi connectivity index (χ1v) is 7.72. The van der Waals surface area contributed by atoms with Gasteiger partial charge in [0.1, 0.15) is 19.1 Å². The Morgan fingerprint density at radius 3 is 2.37 bits per heavy atom. The third kappa shape index (κ3) is 2.92. The molecule has 2 saturated heterocycles. The molecule has 9 heteroatoms. The predicted octanol–water partition coefficient (Wildman–Crippen LogP) is -2.10. The molecule has 0 aliphatic carbocycles. The van der Waals surface area contributed by atoms with Gasteiger partial charge in [-0.25, -0.2) is 8.42 Å². The summed E-state index contributed by atoms with van der Waals surface area (Å²) in [5, 5.41) is 2.09. The number of piperazine rings is 1. The van der Waals surface area contributed by atoms with E-state index < -0.39 is 33.8 Å². The maximum absolute atomic E-state index is 12.2. The largest absolute Gasteiger partial charge is 0.323 e. The summed E-state index contributed by atoms with van der Waals surface area (Å²) >= 11 is 0. The van der Waals surface area contributed by atoms with E-state index in [1.165, 1.54) is 0 Å². The van der Waals surface area contributed by atoms with E-state index in [0.29, 0.717) is 19.4 Å². The summed E-state index contributed by atoms with van der Waals surface area (Å²) < 4.78 is 24.3. The third-order valence-corrected chi connectivity index (χ3v) is 4.46. The zero-order chi connectivity index (χ0) is 14.2. The fraction of sp³-hybridized carbons (Fsp3) is 0.700. The molecule has 1 atom stereocenters. The van der Waals surface area contributed by atoms with Gasteiger partial charge in [0, 0.05) is 6.54 Å². The molecule has 0 bridgehead atoms. The van der Waals surface area contributed by atoms with Crippen LogP contribution in [0.15, 0.2) is 0 Å². The molecule has 0 aromatic carbocycles. The lowest BCUT2D eigenvalue weighted by molar-refractivity contribution is -0.147. The van der Waals surface area contributed by atoms with Crippen molar-refractivity contribution in [3.63, 3.8) is 0 Å². The van der Waals surface area contributed by atoms with E-state index in [0.717, 1.165) is 15.5 Å². The summed E-state index contributed by atoms with van der Waals surface area (Å²) in [7, 11) is -3.46. The average molecular weight is 289 g/mol. The van der Waals surface area contributed by atoms with Gasteiger partial charge in [-0.1, -0.05) is 0 Å².